The van der Waals surface area contributed by atoms with E-state index in [0.717, 1.165) is 11.3 Å². The van der Waals surface area contributed by atoms with Crippen molar-refractivity contribution in [3.05, 3.63) is 48.0 Å². The Bertz CT molecular complexity index is 1120. The van der Waals surface area contributed by atoms with Crippen LogP contribution in [0, 0.1) is 6.92 Å². The van der Waals surface area contributed by atoms with Crippen LogP contribution in [0.4, 0.5) is 10.5 Å². The molecule has 154 valence electrons. The van der Waals surface area contributed by atoms with Crippen LogP contribution in [0.15, 0.2) is 47.4 Å². The van der Waals surface area contributed by atoms with Crippen molar-refractivity contribution in [2.45, 2.75) is 38.3 Å². The number of nitrogens with one attached hydrogen (secondary N) is 3. The van der Waals surface area contributed by atoms with Gasteiger partial charge in [-0.1, -0.05) is 17.3 Å². The number of urea groups is 1. The predicted octanol–water partition coefficient (Wildman–Crippen LogP) is 2.25. The molecule has 0 fully saturated rings. The Balaban J connectivity index is 1.62. The summed E-state index contributed by atoms with van der Waals surface area (Å²) in [4.78, 5) is 12.2. The van der Waals surface area contributed by atoms with E-state index in [4.69, 9.17) is 0 Å². The summed E-state index contributed by atoms with van der Waals surface area (Å²) in [6, 6.07) is 11.7. The lowest BCUT2D eigenvalue weighted by Crippen LogP contribution is -2.31. The summed E-state index contributed by atoms with van der Waals surface area (Å²) < 4.78 is 28.7. The van der Waals surface area contributed by atoms with Gasteiger partial charge in [0.1, 0.15) is 5.52 Å². The Morgan fingerprint density at radius 2 is 1.97 bits per heavy atom. The average Bonchev–Trinajstić information content (AvgIpc) is 3.03. The van der Waals surface area contributed by atoms with Gasteiger partial charge in [-0.2, -0.15) is 0 Å². The van der Waals surface area contributed by atoms with Crippen molar-refractivity contribution in [3.8, 4) is 0 Å². The molecule has 1 heterocycles. The Labute approximate surface area is 169 Å². The number of rotatable bonds is 7. The van der Waals surface area contributed by atoms with E-state index in [9.17, 15) is 13.2 Å². The van der Waals surface area contributed by atoms with Gasteiger partial charge in [0.25, 0.3) is 0 Å². The van der Waals surface area contributed by atoms with Crippen LogP contribution in [0.3, 0.4) is 0 Å². The molecule has 9 nitrogen and oxygen atoms in total. The van der Waals surface area contributed by atoms with Crippen LogP contribution in [0.25, 0.3) is 11.0 Å². The van der Waals surface area contributed by atoms with Gasteiger partial charge in [0.2, 0.25) is 10.0 Å². The molecule has 0 unspecified atom stereocenters. The van der Waals surface area contributed by atoms with E-state index in [1.807, 2.05) is 31.2 Å². The smallest absolute Gasteiger partial charge is 0.319 e. The molecule has 29 heavy (non-hydrogen) atoms. The van der Waals surface area contributed by atoms with Crippen LogP contribution in [-0.4, -0.2) is 42.0 Å². The second-order valence-electron chi connectivity index (χ2n) is 6.99. The number of nitrogens with zero attached hydrogens (tertiary/aromatic N) is 3. The van der Waals surface area contributed by atoms with Crippen LogP contribution in [0.1, 0.15) is 19.4 Å². The molecule has 0 saturated heterocycles. The van der Waals surface area contributed by atoms with Crippen molar-refractivity contribution in [2.75, 3.05) is 11.9 Å². The fourth-order valence-electron chi connectivity index (χ4n) is 2.84. The zero-order valence-electron chi connectivity index (χ0n) is 16.5. The molecule has 0 spiro atoms. The number of aryl methyl sites for hydroxylation is 1. The lowest BCUT2D eigenvalue weighted by atomic mass is 10.2. The molecule has 0 bridgehead atoms. The molecule has 2 amide bonds. The predicted molar refractivity (Wildman–Crippen MR) is 111 cm³/mol. The van der Waals surface area contributed by atoms with E-state index < -0.39 is 10.0 Å². The molecule has 0 aliphatic carbocycles. The Hall–Kier alpha value is -2.98. The van der Waals surface area contributed by atoms with Crippen molar-refractivity contribution < 1.29 is 13.2 Å². The van der Waals surface area contributed by atoms with E-state index in [0.29, 0.717) is 24.1 Å². The van der Waals surface area contributed by atoms with Crippen molar-refractivity contribution >= 4 is 32.8 Å². The summed E-state index contributed by atoms with van der Waals surface area (Å²) in [6.45, 7) is 6.20. The number of carbonyl (C=O) groups is 1. The largest absolute Gasteiger partial charge is 0.336 e. The van der Waals surface area contributed by atoms with Crippen molar-refractivity contribution in [1.29, 1.82) is 0 Å². The Morgan fingerprint density at radius 3 is 2.69 bits per heavy atom. The van der Waals surface area contributed by atoms with Gasteiger partial charge in [0.15, 0.2) is 0 Å². The molecule has 10 heteroatoms. The molecule has 0 saturated carbocycles. The normalized spacial score (nSPS) is 11.7. The molecule has 0 atom stereocenters. The van der Waals surface area contributed by atoms with Gasteiger partial charge in [-0.25, -0.2) is 22.6 Å². The maximum absolute atomic E-state index is 12.3. The number of hydrogen-bond acceptors (Lipinski definition) is 5. The molecule has 3 aromatic rings. The van der Waals surface area contributed by atoms with Crippen LogP contribution >= 0.6 is 0 Å². The maximum Gasteiger partial charge on any atom is 0.319 e. The van der Waals surface area contributed by atoms with Crippen LogP contribution in [0.2, 0.25) is 0 Å². The third kappa shape index (κ3) is 5.30. The standard InChI is InChI=1S/C19H24N6O3S/c1-13(2)23-29(27,28)16-7-8-18-17(12-16)22-24-25(18)10-9-20-19(26)21-15-6-4-5-14(3)11-15/h4-8,11-13,23H,9-10H2,1-3H3,(H2,20,21,26). The highest BCUT2D eigenvalue weighted by Gasteiger charge is 2.17. The number of hydrogen-bond donors (Lipinski definition) is 3. The molecule has 1 aromatic heterocycles. The first-order valence-corrected chi connectivity index (χ1v) is 10.7. The summed E-state index contributed by atoms with van der Waals surface area (Å²) in [6.07, 6.45) is 0. The van der Waals surface area contributed by atoms with Crippen LogP contribution in [0.5, 0.6) is 0 Å². The topological polar surface area (TPSA) is 118 Å². The number of carbonyl (C=O) groups excluding carboxylic acids is 1. The SMILES string of the molecule is Cc1cccc(NC(=O)NCCn2nnc3cc(S(=O)(=O)NC(C)C)ccc32)c1. The zero-order valence-corrected chi connectivity index (χ0v) is 17.3. The number of amides is 2. The second kappa shape index (κ2) is 8.58. The first-order valence-electron chi connectivity index (χ1n) is 9.22. The van der Waals surface area contributed by atoms with E-state index >= 15 is 0 Å². The Kier molecular flexibility index (Phi) is 6.14. The van der Waals surface area contributed by atoms with Crippen molar-refractivity contribution in [1.82, 2.24) is 25.0 Å². The van der Waals surface area contributed by atoms with Crippen LogP contribution < -0.4 is 15.4 Å². The minimum atomic E-state index is -3.60. The van der Waals surface area contributed by atoms with Gasteiger partial charge < -0.3 is 10.6 Å². The molecule has 3 N–H and O–H groups in total. The van der Waals surface area contributed by atoms with E-state index in [-0.39, 0.29) is 17.0 Å². The Morgan fingerprint density at radius 1 is 1.17 bits per heavy atom. The van der Waals surface area contributed by atoms with Gasteiger partial charge >= 0.3 is 6.03 Å². The third-order valence-corrected chi connectivity index (χ3v) is 5.73. The third-order valence-electron chi connectivity index (χ3n) is 4.07. The minimum absolute atomic E-state index is 0.140. The number of fused-ring (bicyclic) bond motifs is 1. The van der Waals surface area contributed by atoms with Crippen molar-refractivity contribution in [2.24, 2.45) is 0 Å². The second-order valence-corrected chi connectivity index (χ2v) is 8.70. The molecule has 0 radical (unpaired) electrons. The summed E-state index contributed by atoms with van der Waals surface area (Å²) in [7, 11) is -3.60. The zero-order chi connectivity index (χ0) is 21.0. The summed E-state index contributed by atoms with van der Waals surface area (Å²) in [5, 5.41) is 13.6. The molecule has 3 rings (SSSR count). The summed E-state index contributed by atoms with van der Waals surface area (Å²) >= 11 is 0. The number of sulfonamides is 1. The van der Waals surface area contributed by atoms with Crippen molar-refractivity contribution in [3.63, 3.8) is 0 Å². The van der Waals surface area contributed by atoms with E-state index in [1.54, 1.807) is 24.6 Å². The fourth-order valence-corrected chi connectivity index (χ4v) is 4.11. The summed E-state index contributed by atoms with van der Waals surface area (Å²) in [5.74, 6) is 0. The molecule has 0 aliphatic heterocycles. The lowest BCUT2D eigenvalue weighted by Gasteiger charge is -2.10. The number of benzene rings is 2. The fraction of sp³-hybridized carbons (Fsp3) is 0.316. The summed E-state index contributed by atoms with van der Waals surface area (Å²) in [5.41, 5.74) is 2.94. The molecular formula is C19H24N6O3S. The highest BCUT2D eigenvalue weighted by Crippen LogP contribution is 2.17. The molecule has 0 aliphatic rings. The highest BCUT2D eigenvalue weighted by atomic mass is 32.2. The van der Waals surface area contributed by atoms with Gasteiger partial charge in [0, 0.05) is 18.3 Å². The first-order chi connectivity index (χ1) is 13.7. The van der Waals surface area contributed by atoms with Gasteiger partial charge in [-0.15, -0.1) is 5.10 Å². The maximum atomic E-state index is 12.3. The minimum Gasteiger partial charge on any atom is -0.336 e. The first kappa shape index (κ1) is 20.7. The van der Waals surface area contributed by atoms with Gasteiger partial charge in [-0.3, -0.25) is 0 Å². The monoisotopic (exact) mass is 416 g/mol. The lowest BCUT2D eigenvalue weighted by molar-refractivity contribution is 0.251. The van der Waals surface area contributed by atoms with E-state index in [1.165, 1.54) is 12.1 Å². The van der Waals surface area contributed by atoms with E-state index in [2.05, 4.69) is 25.7 Å². The average molecular weight is 417 g/mol. The quantitative estimate of drug-likeness (QED) is 0.546. The van der Waals surface area contributed by atoms with Crippen LogP contribution in [-0.2, 0) is 16.6 Å². The number of anilines is 1. The molecular weight excluding hydrogens is 392 g/mol. The number of aromatic nitrogens is 3. The van der Waals surface area contributed by atoms with Gasteiger partial charge in [-0.05, 0) is 56.7 Å². The highest BCUT2D eigenvalue weighted by molar-refractivity contribution is 7.89. The van der Waals surface area contributed by atoms with Gasteiger partial charge in [0.05, 0.1) is 17.0 Å². The molecule has 2 aromatic carbocycles.